The molecule has 0 aliphatic carbocycles. The predicted octanol–water partition coefficient (Wildman–Crippen LogP) is 2.80. The van der Waals surface area contributed by atoms with Gasteiger partial charge in [-0.1, -0.05) is 17.2 Å². The van der Waals surface area contributed by atoms with Crippen LogP contribution in [0.25, 0.3) is 0 Å². The lowest BCUT2D eigenvalue weighted by Crippen LogP contribution is -2.26. The maximum absolute atomic E-state index is 4.93. The standard InChI is InChI=1S/C10H18O3/c1-7-9(3,4)11-13-12-10(5,6)8-2/h7-8H,1-2H2,3-6H3. The molecule has 76 valence electrons. The van der Waals surface area contributed by atoms with Crippen LogP contribution in [0, 0.1) is 0 Å². The van der Waals surface area contributed by atoms with Gasteiger partial charge >= 0.3 is 0 Å². The molecule has 0 fully saturated rings. The Hall–Kier alpha value is -0.640. The first-order chi connectivity index (χ1) is 5.83. The average Bonchev–Trinajstić information content (AvgIpc) is 2.04. The van der Waals surface area contributed by atoms with E-state index in [2.05, 4.69) is 18.2 Å². The van der Waals surface area contributed by atoms with Crippen LogP contribution in [0.3, 0.4) is 0 Å². The fourth-order valence-corrected chi connectivity index (χ4v) is 0.260. The second-order valence-corrected chi connectivity index (χ2v) is 3.85. The minimum atomic E-state index is -0.558. The van der Waals surface area contributed by atoms with Crippen molar-refractivity contribution in [1.29, 1.82) is 0 Å². The van der Waals surface area contributed by atoms with Crippen LogP contribution < -0.4 is 0 Å². The highest BCUT2D eigenvalue weighted by Crippen LogP contribution is 2.15. The fraction of sp³-hybridized carbons (Fsp3) is 0.600. The van der Waals surface area contributed by atoms with E-state index in [0.717, 1.165) is 0 Å². The molecule has 0 bridgehead atoms. The second kappa shape index (κ2) is 4.56. The zero-order valence-corrected chi connectivity index (χ0v) is 8.79. The molecule has 13 heavy (non-hydrogen) atoms. The lowest BCUT2D eigenvalue weighted by atomic mass is 10.1. The van der Waals surface area contributed by atoms with Crippen LogP contribution >= 0.6 is 0 Å². The van der Waals surface area contributed by atoms with Gasteiger partial charge in [0.2, 0.25) is 0 Å². The largest absolute Gasteiger partial charge is 0.196 e. The van der Waals surface area contributed by atoms with E-state index in [9.17, 15) is 0 Å². The van der Waals surface area contributed by atoms with E-state index >= 15 is 0 Å². The minimum Gasteiger partial charge on any atom is -0.196 e. The highest BCUT2D eigenvalue weighted by atomic mass is 17.5. The second-order valence-electron chi connectivity index (χ2n) is 3.85. The van der Waals surface area contributed by atoms with Crippen molar-refractivity contribution in [3.8, 4) is 0 Å². The average molecular weight is 186 g/mol. The molecule has 0 aliphatic rings. The molecule has 0 unspecified atom stereocenters. The van der Waals surface area contributed by atoms with E-state index in [0.29, 0.717) is 0 Å². The highest BCUT2D eigenvalue weighted by molar-refractivity contribution is 4.89. The molecule has 0 amide bonds. The third-order valence-electron chi connectivity index (χ3n) is 1.48. The molecule has 0 N–H and O–H groups in total. The van der Waals surface area contributed by atoms with Gasteiger partial charge in [0.05, 0.1) is 0 Å². The summed E-state index contributed by atoms with van der Waals surface area (Å²) in [6, 6.07) is 0. The Morgan fingerprint density at radius 1 is 0.846 bits per heavy atom. The van der Waals surface area contributed by atoms with Crippen molar-refractivity contribution in [2.24, 2.45) is 0 Å². The topological polar surface area (TPSA) is 27.7 Å². The summed E-state index contributed by atoms with van der Waals surface area (Å²) in [6.07, 6.45) is 3.24. The van der Waals surface area contributed by atoms with Crippen LogP contribution in [0.4, 0.5) is 0 Å². The van der Waals surface area contributed by atoms with Gasteiger partial charge in [-0.3, -0.25) is 0 Å². The van der Waals surface area contributed by atoms with Crippen molar-refractivity contribution in [3.63, 3.8) is 0 Å². The molecule has 0 saturated heterocycles. The van der Waals surface area contributed by atoms with Crippen LogP contribution in [0.2, 0.25) is 0 Å². The maximum Gasteiger partial charge on any atom is 0.119 e. The Bertz CT molecular complexity index is 163. The van der Waals surface area contributed by atoms with Gasteiger partial charge in [0.15, 0.2) is 0 Å². The lowest BCUT2D eigenvalue weighted by Gasteiger charge is -2.22. The van der Waals surface area contributed by atoms with Gasteiger partial charge in [-0.2, -0.15) is 9.78 Å². The third kappa shape index (κ3) is 5.58. The zero-order valence-electron chi connectivity index (χ0n) is 8.79. The molecule has 0 aliphatic heterocycles. The Morgan fingerprint density at radius 2 is 1.15 bits per heavy atom. The normalized spacial score (nSPS) is 12.6. The number of hydrogen-bond donors (Lipinski definition) is 0. The first-order valence-electron chi connectivity index (χ1n) is 4.14. The number of rotatable bonds is 6. The molecule has 0 aromatic rings. The summed E-state index contributed by atoms with van der Waals surface area (Å²) >= 11 is 0. The zero-order chi connectivity index (χ0) is 10.5. The Kier molecular flexibility index (Phi) is 4.33. The lowest BCUT2D eigenvalue weighted by molar-refractivity contribution is -0.554. The van der Waals surface area contributed by atoms with Gasteiger partial charge in [0.1, 0.15) is 11.2 Å². The Morgan fingerprint density at radius 3 is 1.38 bits per heavy atom. The van der Waals surface area contributed by atoms with E-state index in [4.69, 9.17) is 9.78 Å². The summed E-state index contributed by atoms with van der Waals surface area (Å²) in [7, 11) is 0. The molecule has 0 heterocycles. The van der Waals surface area contributed by atoms with Gasteiger partial charge in [0, 0.05) is 0 Å². The van der Waals surface area contributed by atoms with E-state index < -0.39 is 11.2 Å². The smallest absolute Gasteiger partial charge is 0.119 e. The quantitative estimate of drug-likeness (QED) is 0.362. The summed E-state index contributed by atoms with van der Waals surface area (Å²) in [5, 5.41) is 4.60. The van der Waals surface area contributed by atoms with Crippen molar-refractivity contribution >= 4 is 0 Å². The molecule has 0 atom stereocenters. The molecule has 0 saturated carbocycles. The summed E-state index contributed by atoms with van der Waals surface area (Å²) in [4.78, 5) is 9.86. The highest BCUT2D eigenvalue weighted by Gasteiger charge is 2.19. The van der Waals surface area contributed by atoms with Crippen LogP contribution in [0.1, 0.15) is 27.7 Å². The predicted molar refractivity (Wildman–Crippen MR) is 51.8 cm³/mol. The van der Waals surface area contributed by atoms with Gasteiger partial charge in [-0.25, -0.2) is 0 Å². The van der Waals surface area contributed by atoms with Crippen LogP contribution in [-0.4, -0.2) is 11.2 Å². The van der Waals surface area contributed by atoms with Gasteiger partial charge in [-0.15, -0.1) is 13.2 Å². The summed E-state index contributed by atoms with van der Waals surface area (Å²) in [5.74, 6) is 0. The van der Waals surface area contributed by atoms with E-state index in [1.165, 1.54) is 0 Å². The first-order valence-corrected chi connectivity index (χ1v) is 4.14. The van der Waals surface area contributed by atoms with E-state index in [-0.39, 0.29) is 0 Å². The molecular weight excluding hydrogens is 168 g/mol. The van der Waals surface area contributed by atoms with E-state index in [1.54, 1.807) is 12.2 Å². The third-order valence-corrected chi connectivity index (χ3v) is 1.48. The molecule has 0 aromatic carbocycles. The summed E-state index contributed by atoms with van der Waals surface area (Å²) in [5.41, 5.74) is -1.12. The van der Waals surface area contributed by atoms with Crippen LogP contribution in [-0.2, 0) is 14.8 Å². The van der Waals surface area contributed by atoms with Crippen molar-refractivity contribution in [3.05, 3.63) is 25.3 Å². The molecule has 0 rings (SSSR count). The summed E-state index contributed by atoms with van der Waals surface area (Å²) in [6.45, 7) is 14.4. The van der Waals surface area contributed by atoms with Crippen LogP contribution in [0.15, 0.2) is 25.3 Å². The molecular formula is C10H18O3. The minimum absolute atomic E-state index is 0.558. The monoisotopic (exact) mass is 186 g/mol. The van der Waals surface area contributed by atoms with Gasteiger partial charge in [-0.05, 0) is 27.7 Å². The Labute approximate surface area is 79.8 Å². The van der Waals surface area contributed by atoms with E-state index in [1.807, 2.05) is 27.7 Å². The van der Waals surface area contributed by atoms with Crippen LogP contribution in [0.5, 0.6) is 0 Å². The summed E-state index contributed by atoms with van der Waals surface area (Å²) < 4.78 is 0. The SMILES string of the molecule is C=CC(C)(C)OOOC(C)(C)C=C. The molecule has 3 nitrogen and oxygen atoms in total. The number of hydrogen-bond acceptors (Lipinski definition) is 3. The molecule has 0 aromatic heterocycles. The van der Waals surface area contributed by atoms with Crippen molar-refractivity contribution in [2.45, 2.75) is 38.9 Å². The van der Waals surface area contributed by atoms with Crippen molar-refractivity contribution in [2.75, 3.05) is 0 Å². The molecule has 3 heteroatoms. The van der Waals surface area contributed by atoms with Gasteiger partial charge in [0.25, 0.3) is 0 Å². The van der Waals surface area contributed by atoms with Crippen molar-refractivity contribution < 1.29 is 14.8 Å². The molecule has 0 spiro atoms. The van der Waals surface area contributed by atoms with Crippen molar-refractivity contribution in [1.82, 2.24) is 0 Å². The Balaban J connectivity index is 3.80. The maximum atomic E-state index is 4.93. The fourth-order valence-electron chi connectivity index (χ4n) is 0.260. The van der Waals surface area contributed by atoms with Gasteiger partial charge < -0.3 is 0 Å². The first kappa shape index (κ1) is 12.4. The molecule has 0 radical (unpaired) electrons.